The van der Waals surface area contributed by atoms with Gasteiger partial charge in [-0.15, -0.1) is 0 Å². The Hall–Kier alpha value is -4.11. The number of nitro groups is 1. The summed E-state index contributed by atoms with van der Waals surface area (Å²) < 4.78 is 11.3. The van der Waals surface area contributed by atoms with Gasteiger partial charge in [0.05, 0.1) is 34.3 Å². The van der Waals surface area contributed by atoms with Crippen LogP contribution < -0.4 is 9.47 Å². The van der Waals surface area contributed by atoms with E-state index < -0.39 is 4.92 Å². The predicted molar refractivity (Wildman–Crippen MR) is 146 cm³/mol. The third kappa shape index (κ3) is 6.18. The Balaban J connectivity index is 1.68. The number of nitro benzene ring substituents is 1. The number of amidine groups is 1. The van der Waals surface area contributed by atoms with E-state index in [1.165, 1.54) is 37.1 Å². The zero-order chi connectivity index (χ0) is 26.4. The maximum atomic E-state index is 13.2. The maximum absolute atomic E-state index is 13.2. The van der Waals surface area contributed by atoms with Crippen molar-refractivity contribution in [2.24, 2.45) is 4.99 Å². The van der Waals surface area contributed by atoms with Crippen molar-refractivity contribution in [2.45, 2.75) is 26.9 Å². The number of ether oxygens (including phenoxy) is 2. The summed E-state index contributed by atoms with van der Waals surface area (Å²) in [5.41, 5.74) is 2.83. The highest BCUT2D eigenvalue weighted by atomic mass is 32.2. The van der Waals surface area contributed by atoms with Crippen LogP contribution in [0.15, 0.2) is 76.6 Å². The molecule has 3 aromatic rings. The molecular formula is C28H27N3O5S. The van der Waals surface area contributed by atoms with E-state index in [1.807, 2.05) is 68.4 Å². The second kappa shape index (κ2) is 11.7. The lowest BCUT2D eigenvalue weighted by Crippen LogP contribution is -2.29. The van der Waals surface area contributed by atoms with Crippen molar-refractivity contribution >= 4 is 40.3 Å². The molecule has 0 spiro atoms. The van der Waals surface area contributed by atoms with Crippen LogP contribution in [0, 0.1) is 17.0 Å². The molecule has 9 heteroatoms. The van der Waals surface area contributed by atoms with E-state index in [0.29, 0.717) is 22.4 Å². The molecule has 0 N–H and O–H groups in total. The second-order valence-corrected chi connectivity index (χ2v) is 9.40. The van der Waals surface area contributed by atoms with Gasteiger partial charge in [0, 0.05) is 6.54 Å². The van der Waals surface area contributed by atoms with Gasteiger partial charge < -0.3 is 9.47 Å². The zero-order valence-electron chi connectivity index (χ0n) is 20.8. The Morgan fingerprint density at radius 3 is 2.46 bits per heavy atom. The van der Waals surface area contributed by atoms with Crippen molar-refractivity contribution in [2.75, 3.05) is 13.7 Å². The molecule has 0 aromatic heterocycles. The molecule has 8 nitrogen and oxygen atoms in total. The normalized spacial score (nSPS) is 15.4. The molecular weight excluding hydrogens is 490 g/mol. The molecule has 3 aromatic carbocycles. The van der Waals surface area contributed by atoms with E-state index in [-0.39, 0.29) is 29.5 Å². The van der Waals surface area contributed by atoms with Crippen molar-refractivity contribution in [3.8, 4) is 11.5 Å². The molecule has 4 rings (SSSR count). The lowest BCUT2D eigenvalue weighted by atomic mass is 10.1. The fourth-order valence-electron chi connectivity index (χ4n) is 3.73. The van der Waals surface area contributed by atoms with E-state index in [1.54, 1.807) is 4.90 Å². The van der Waals surface area contributed by atoms with Crippen molar-refractivity contribution in [1.82, 2.24) is 4.90 Å². The molecule has 0 saturated carbocycles. The zero-order valence-corrected chi connectivity index (χ0v) is 21.7. The van der Waals surface area contributed by atoms with Gasteiger partial charge >= 0.3 is 0 Å². The number of hydrogen-bond donors (Lipinski definition) is 0. The summed E-state index contributed by atoms with van der Waals surface area (Å²) in [5.74, 6) is 0.345. The largest absolute Gasteiger partial charge is 0.493 e. The number of aliphatic imine (C=N–C) groups is 1. The first kappa shape index (κ1) is 26.0. The molecule has 1 aliphatic heterocycles. The minimum atomic E-state index is -0.490. The third-order valence-corrected chi connectivity index (χ3v) is 6.63. The van der Waals surface area contributed by atoms with Crippen LogP contribution in [0.1, 0.15) is 30.0 Å². The Morgan fingerprint density at radius 2 is 1.81 bits per heavy atom. The first-order chi connectivity index (χ1) is 17.9. The molecule has 1 aliphatic rings. The SMILES string of the molecule is CCCN1C(=O)/C(=C\c2cc(OC)c(OCc3ccccc3)cc2[N+](=O)[O-])SC1=Nc1ccc(C)cc1. The highest BCUT2D eigenvalue weighted by Gasteiger charge is 2.33. The van der Waals surface area contributed by atoms with Crippen molar-refractivity contribution in [3.63, 3.8) is 0 Å². The van der Waals surface area contributed by atoms with Crippen LogP contribution in [-0.2, 0) is 11.4 Å². The minimum absolute atomic E-state index is 0.185. The summed E-state index contributed by atoms with van der Waals surface area (Å²) in [4.78, 5) is 31.3. The van der Waals surface area contributed by atoms with Crippen LogP contribution in [0.3, 0.4) is 0 Å². The van der Waals surface area contributed by atoms with Gasteiger partial charge in [-0.05, 0) is 54.9 Å². The Bertz CT molecular complexity index is 1350. The summed E-state index contributed by atoms with van der Waals surface area (Å²) in [6, 6.07) is 20.1. The Labute approximate surface area is 219 Å². The molecule has 190 valence electrons. The van der Waals surface area contributed by atoms with E-state index >= 15 is 0 Å². The highest BCUT2D eigenvalue weighted by Crippen LogP contribution is 2.40. The molecule has 0 bridgehead atoms. The van der Waals surface area contributed by atoms with Crippen molar-refractivity contribution in [3.05, 3.63) is 98.4 Å². The Kier molecular flexibility index (Phi) is 8.25. The number of methoxy groups -OCH3 is 1. The van der Waals surface area contributed by atoms with E-state index in [4.69, 9.17) is 9.47 Å². The van der Waals surface area contributed by atoms with Crippen molar-refractivity contribution in [1.29, 1.82) is 0 Å². The monoisotopic (exact) mass is 517 g/mol. The summed E-state index contributed by atoms with van der Waals surface area (Å²) in [6.45, 7) is 4.70. The Morgan fingerprint density at radius 1 is 1.08 bits per heavy atom. The number of aryl methyl sites for hydroxylation is 1. The molecule has 1 saturated heterocycles. The highest BCUT2D eigenvalue weighted by molar-refractivity contribution is 8.18. The molecule has 37 heavy (non-hydrogen) atoms. The van der Waals surface area contributed by atoms with Gasteiger partial charge in [-0.25, -0.2) is 4.99 Å². The molecule has 1 amide bonds. The quantitative estimate of drug-likeness (QED) is 0.183. The number of thioether (sulfide) groups is 1. The third-order valence-electron chi connectivity index (χ3n) is 5.63. The van der Waals surface area contributed by atoms with Gasteiger partial charge in [0.25, 0.3) is 11.6 Å². The average molecular weight is 518 g/mol. The van der Waals surface area contributed by atoms with Gasteiger partial charge in [0.1, 0.15) is 6.61 Å². The van der Waals surface area contributed by atoms with Crippen LogP contribution in [-0.4, -0.2) is 34.6 Å². The van der Waals surface area contributed by atoms with E-state index in [9.17, 15) is 14.9 Å². The van der Waals surface area contributed by atoms with E-state index in [2.05, 4.69) is 4.99 Å². The molecule has 1 heterocycles. The molecule has 0 radical (unpaired) electrons. The standard InChI is InChI=1S/C28H27N3O5S/c1-4-14-30-27(32)26(37-28(30)29-22-12-10-19(2)11-13-22)16-21-15-24(35-3)25(17-23(21)31(33)34)36-18-20-8-6-5-7-9-20/h5-13,15-17H,4,14,18H2,1-3H3/b26-16+,29-28?. The fraction of sp³-hybridized carbons (Fsp3) is 0.214. The minimum Gasteiger partial charge on any atom is -0.493 e. The molecule has 0 unspecified atom stereocenters. The lowest BCUT2D eigenvalue weighted by molar-refractivity contribution is -0.385. The van der Waals surface area contributed by atoms with Gasteiger partial charge in [-0.1, -0.05) is 55.0 Å². The lowest BCUT2D eigenvalue weighted by Gasteiger charge is -2.14. The summed E-state index contributed by atoms with van der Waals surface area (Å²) >= 11 is 1.20. The predicted octanol–water partition coefficient (Wildman–Crippen LogP) is 6.50. The van der Waals surface area contributed by atoms with Crippen LogP contribution >= 0.6 is 11.8 Å². The summed E-state index contributed by atoms with van der Waals surface area (Å²) in [5, 5.41) is 12.5. The van der Waals surface area contributed by atoms with Gasteiger partial charge in [0.2, 0.25) is 0 Å². The first-order valence-electron chi connectivity index (χ1n) is 11.8. The molecule has 0 aliphatic carbocycles. The number of nitrogens with zero attached hydrogens (tertiary/aromatic N) is 3. The number of amides is 1. The summed E-state index contributed by atoms with van der Waals surface area (Å²) in [6.07, 6.45) is 2.27. The molecule has 0 atom stereocenters. The van der Waals surface area contributed by atoms with Gasteiger partial charge in [-0.2, -0.15) is 0 Å². The number of carbonyl (C=O) groups is 1. The maximum Gasteiger partial charge on any atom is 0.280 e. The van der Waals surface area contributed by atoms with Gasteiger partial charge in [0.15, 0.2) is 16.7 Å². The molecule has 1 fully saturated rings. The van der Waals surface area contributed by atoms with Crippen LogP contribution in [0.5, 0.6) is 11.5 Å². The van der Waals surface area contributed by atoms with Crippen LogP contribution in [0.25, 0.3) is 6.08 Å². The number of carbonyl (C=O) groups excluding carboxylic acids is 1. The van der Waals surface area contributed by atoms with Crippen LogP contribution in [0.4, 0.5) is 11.4 Å². The van der Waals surface area contributed by atoms with Gasteiger partial charge in [-0.3, -0.25) is 19.8 Å². The second-order valence-electron chi connectivity index (χ2n) is 8.39. The smallest absolute Gasteiger partial charge is 0.280 e. The average Bonchev–Trinajstić information content (AvgIpc) is 3.18. The number of benzene rings is 3. The number of hydrogen-bond acceptors (Lipinski definition) is 7. The van der Waals surface area contributed by atoms with Crippen molar-refractivity contribution < 1.29 is 19.2 Å². The summed E-state index contributed by atoms with van der Waals surface area (Å²) in [7, 11) is 1.47. The van der Waals surface area contributed by atoms with Crippen LogP contribution in [0.2, 0.25) is 0 Å². The topological polar surface area (TPSA) is 94.3 Å². The first-order valence-corrected chi connectivity index (χ1v) is 12.6. The fourth-order valence-corrected chi connectivity index (χ4v) is 4.74. The van der Waals surface area contributed by atoms with E-state index in [0.717, 1.165) is 23.2 Å². The number of rotatable bonds is 9.